The van der Waals surface area contributed by atoms with Crippen LogP contribution in [0.15, 0.2) is 35.3 Å². The fraction of sp³-hybridized carbons (Fsp3) is 0.273. The second-order valence-corrected chi connectivity index (χ2v) is 3.58. The molecule has 2 heterocycles. The van der Waals surface area contributed by atoms with E-state index in [-0.39, 0.29) is 5.56 Å². The number of hydrogen-bond donors (Lipinski definition) is 0. The molecule has 0 fully saturated rings. The highest BCUT2D eigenvalue weighted by Gasteiger charge is 2.05. The highest BCUT2D eigenvalue weighted by Crippen LogP contribution is 2.13. The second-order valence-electron chi connectivity index (χ2n) is 3.58. The molecule has 2 aromatic rings. The molecule has 2 rings (SSSR count). The first-order valence-corrected chi connectivity index (χ1v) is 4.67. The zero-order chi connectivity index (χ0) is 10.1. The van der Waals surface area contributed by atoms with Gasteiger partial charge in [0.1, 0.15) is 5.65 Å². The number of fused-ring (bicyclic) bond motifs is 1. The molecule has 3 heteroatoms. The Bertz CT molecular complexity index is 509. The molecule has 0 radical (unpaired) electrons. The molecule has 0 aliphatic carbocycles. The van der Waals surface area contributed by atoms with Gasteiger partial charge in [-0.25, -0.2) is 4.98 Å². The van der Waals surface area contributed by atoms with Crippen molar-refractivity contribution in [2.75, 3.05) is 0 Å². The smallest absolute Gasteiger partial charge is 0.258 e. The molecular formula is C11H12N2O. The topological polar surface area (TPSA) is 34.4 Å². The van der Waals surface area contributed by atoms with Crippen LogP contribution in [0.25, 0.3) is 5.65 Å². The van der Waals surface area contributed by atoms with Crippen LogP contribution in [0, 0.1) is 0 Å². The first kappa shape index (κ1) is 8.94. The van der Waals surface area contributed by atoms with Gasteiger partial charge in [-0.2, -0.15) is 0 Å². The third-order valence-electron chi connectivity index (χ3n) is 2.24. The van der Waals surface area contributed by atoms with Gasteiger partial charge >= 0.3 is 0 Å². The van der Waals surface area contributed by atoms with Gasteiger partial charge in [-0.05, 0) is 18.1 Å². The monoisotopic (exact) mass is 188 g/mol. The summed E-state index contributed by atoms with van der Waals surface area (Å²) in [6.45, 7) is 4.13. The van der Waals surface area contributed by atoms with E-state index in [2.05, 4.69) is 18.8 Å². The zero-order valence-corrected chi connectivity index (χ0v) is 8.27. The molecule has 0 aliphatic heterocycles. The lowest BCUT2D eigenvalue weighted by molar-refractivity contribution is 0.783. The van der Waals surface area contributed by atoms with Crippen LogP contribution in [0.4, 0.5) is 0 Å². The Morgan fingerprint density at radius 2 is 2.07 bits per heavy atom. The van der Waals surface area contributed by atoms with Crippen LogP contribution in [0.2, 0.25) is 0 Å². The van der Waals surface area contributed by atoms with E-state index in [4.69, 9.17) is 0 Å². The first-order valence-electron chi connectivity index (χ1n) is 4.67. The van der Waals surface area contributed by atoms with Crippen LogP contribution < -0.4 is 5.56 Å². The number of pyridine rings is 1. The predicted octanol–water partition coefficient (Wildman–Crippen LogP) is 1.82. The lowest BCUT2D eigenvalue weighted by Crippen LogP contribution is -2.17. The first-order chi connectivity index (χ1) is 6.70. The van der Waals surface area contributed by atoms with E-state index < -0.39 is 0 Å². The molecule has 0 saturated heterocycles. The third-order valence-corrected chi connectivity index (χ3v) is 2.24. The zero-order valence-electron chi connectivity index (χ0n) is 8.27. The Balaban J connectivity index is 2.91. The fourth-order valence-corrected chi connectivity index (χ4v) is 1.56. The van der Waals surface area contributed by atoms with Gasteiger partial charge in [-0.1, -0.05) is 19.9 Å². The quantitative estimate of drug-likeness (QED) is 0.684. The van der Waals surface area contributed by atoms with Crippen LogP contribution >= 0.6 is 0 Å². The van der Waals surface area contributed by atoms with Gasteiger partial charge < -0.3 is 0 Å². The molecule has 3 nitrogen and oxygen atoms in total. The number of nitrogens with zero attached hydrogens (tertiary/aromatic N) is 2. The van der Waals surface area contributed by atoms with E-state index in [0.717, 1.165) is 5.69 Å². The van der Waals surface area contributed by atoms with E-state index in [0.29, 0.717) is 11.6 Å². The summed E-state index contributed by atoms with van der Waals surface area (Å²) in [4.78, 5) is 15.8. The number of rotatable bonds is 1. The molecule has 0 aliphatic rings. The van der Waals surface area contributed by atoms with E-state index in [1.54, 1.807) is 10.6 Å². The summed E-state index contributed by atoms with van der Waals surface area (Å²) >= 11 is 0. The third kappa shape index (κ3) is 1.31. The summed E-state index contributed by atoms with van der Waals surface area (Å²) in [5.41, 5.74) is 1.70. The lowest BCUT2D eigenvalue weighted by atomic mass is 10.1. The Morgan fingerprint density at radius 3 is 2.79 bits per heavy atom. The van der Waals surface area contributed by atoms with Crippen molar-refractivity contribution >= 4 is 5.65 Å². The van der Waals surface area contributed by atoms with Gasteiger partial charge in [-0.15, -0.1) is 0 Å². The van der Waals surface area contributed by atoms with Crippen molar-refractivity contribution < 1.29 is 0 Å². The lowest BCUT2D eigenvalue weighted by Gasteiger charge is -2.09. The van der Waals surface area contributed by atoms with Gasteiger partial charge in [0, 0.05) is 18.0 Å². The number of aromatic nitrogens is 2. The maximum Gasteiger partial charge on any atom is 0.258 e. The Kier molecular flexibility index (Phi) is 2.08. The van der Waals surface area contributed by atoms with Crippen molar-refractivity contribution in [3.05, 3.63) is 46.5 Å². The van der Waals surface area contributed by atoms with Gasteiger partial charge in [-0.3, -0.25) is 9.20 Å². The van der Waals surface area contributed by atoms with Crippen molar-refractivity contribution in [2.45, 2.75) is 19.8 Å². The minimum atomic E-state index is -0.0145. The Labute approximate surface area is 82.0 Å². The van der Waals surface area contributed by atoms with Crippen LogP contribution in [-0.2, 0) is 0 Å². The predicted molar refractivity (Wildman–Crippen MR) is 55.6 cm³/mol. The van der Waals surface area contributed by atoms with Crippen molar-refractivity contribution in [2.24, 2.45) is 0 Å². The van der Waals surface area contributed by atoms with Gasteiger partial charge in [0.2, 0.25) is 0 Å². The molecule has 14 heavy (non-hydrogen) atoms. The summed E-state index contributed by atoms with van der Waals surface area (Å²) in [5, 5.41) is 0. The molecule has 0 atom stereocenters. The molecule has 0 N–H and O–H groups in total. The summed E-state index contributed by atoms with van der Waals surface area (Å²) in [6, 6.07) is 7.21. The van der Waals surface area contributed by atoms with Gasteiger partial charge in [0.15, 0.2) is 0 Å². The Morgan fingerprint density at radius 1 is 1.29 bits per heavy atom. The molecule has 2 aromatic heterocycles. The van der Waals surface area contributed by atoms with E-state index in [1.165, 1.54) is 6.07 Å². The maximum atomic E-state index is 11.6. The van der Waals surface area contributed by atoms with E-state index in [9.17, 15) is 4.79 Å². The summed E-state index contributed by atoms with van der Waals surface area (Å²) in [6.07, 6.45) is 1.54. The van der Waals surface area contributed by atoms with E-state index >= 15 is 0 Å². The molecule has 0 bridgehead atoms. The summed E-state index contributed by atoms with van der Waals surface area (Å²) in [7, 11) is 0. The standard InChI is InChI=1S/C11H12N2O/c1-8(2)9-4-3-5-10-12-7-6-11(14)13(9)10/h3-8H,1-2H3. The normalized spacial score (nSPS) is 11.1. The van der Waals surface area contributed by atoms with Crippen LogP contribution in [0.1, 0.15) is 25.5 Å². The SMILES string of the molecule is CC(C)c1cccc2nccc(=O)n12. The largest absolute Gasteiger partial charge is 0.269 e. The molecule has 72 valence electrons. The highest BCUT2D eigenvalue weighted by molar-refractivity contribution is 5.39. The minimum Gasteiger partial charge on any atom is -0.269 e. The van der Waals surface area contributed by atoms with Crippen LogP contribution in [0.3, 0.4) is 0 Å². The summed E-state index contributed by atoms with van der Waals surface area (Å²) in [5.74, 6) is 0.320. The van der Waals surface area contributed by atoms with E-state index in [1.807, 2.05) is 18.2 Å². The minimum absolute atomic E-state index is 0.0145. The molecule has 0 saturated carbocycles. The van der Waals surface area contributed by atoms with Crippen molar-refractivity contribution in [1.82, 2.24) is 9.38 Å². The van der Waals surface area contributed by atoms with Crippen LogP contribution in [-0.4, -0.2) is 9.38 Å². The summed E-state index contributed by atoms with van der Waals surface area (Å²) < 4.78 is 1.66. The molecular weight excluding hydrogens is 176 g/mol. The molecule has 0 unspecified atom stereocenters. The average Bonchev–Trinajstić information content (AvgIpc) is 2.17. The molecule has 0 aromatic carbocycles. The average molecular weight is 188 g/mol. The molecule has 0 spiro atoms. The fourth-order valence-electron chi connectivity index (χ4n) is 1.56. The molecule has 0 amide bonds. The number of hydrogen-bond acceptors (Lipinski definition) is 2. The Hall–Kier alpha value is -1.64. The van der Waals surface area contributed by atoms with Crippen molar-refractivity contribution in [3.8, 4) is 0 Å². The maximum absolute atomic E-state index is 11.6. The highest BCUT2D eigenvalue weighted by atomic mass is 16.1. The van der Waals surface area contributed by atoms with Crippen molar-refractivity contribution in [1.29, 1.82) is 0 Å². The van der Waals surface area contributed by atoms with Gasteiger partial charge in [0.25, 0.3) is 5.56 Å². The van der Waals surface area contributed by atoms with Crippen molar-refractivity contribution in [3.63, 3.8) is 0 Å². The van der Waals surface area contributed by atoms with Gasteiger partial charge in [0.05, 0.1) is 0 Å². The van der Waals surface area contributed by atoms with Crippen LogP contribution in [0.5, 0.6) is 0 Å². The second kappa shape index (κ2) is 3.25.